The van der Waals surface area contributed by atoms with Crippen molar-refractivity contribution in [2.45, 2.75) is 53.0 Å². The van der Waals surface area contributed by atoms with Gasteiger partial charge in [-0.15, -0.1) is 0 Å². The predicted octanol–water partition coefficient (Wildman–Crippen LogP) is 4.99. The van der Waals surface area contributed by atoms with Crippen molar-refractivity contribution in [2.24, 2.45) is 10.8 Å². The first-order valence-electron chi connectivity index (χ1n) is 8.73. The maximum atomic E-state index is 13.4. The van der Waals surface area contributed by atoms with Gasteiger partial charge in [0.15, 0.2) is 5.65 Å². The van der Waals surface area contributed by atoms with Crippen molar-refractivity contribution in [3.05, 3.63) is 33.7 Å². The van der Waals surface area contributed by atoms with Crippen LogP contribution < -0.4 is 0 Å². The minimum Gasteiger partial charge on any atom is -0.334 e. The number of hydrogen-bond acceptors (Lipinski definition) is 2. The SMILES string of the molecule is Cc1nc2c(Cl)cc(Cl)cn2c1C(=O)N1CC2(C)CC1CC(C)(C)C2. The molecule has 4 rings (SSSR count). The summed E-state index contributed by atoms with van der Waals surface area (Å²) in [6, 6.07) is 1.95. The molecule has 2 aromatic rings. The molecule has 1 amide bonds. The van der Waals surface area contributed by atoms with Crippen LogP contribution in [-0.4, -0.2) is 32.8 Å². The number of rotatable bonds is 1. The van der Waals surface area contributed by atoms with Crippen LogP contribution in [0.3, 0.4) is 0 Å². The molecule has 1 aliphatic heterocycles. The van der Waals surface area contributed by atoms with Gasteiger partial charge in [-0.2, -0.15) is 0 Å². The zero-order chi connectivity index (χ0) is 18.1. The first-order chi connectivity index (χ1) is 11.6. The number of imidazole rings is 1. The fourth-order valence-electron chi connectivity index (χ4n) is 5.28. The number of carbonyl (C=O) groups is 1. The largest absolute Gasteiger partial charge is 0.334 e. The van der Waals surface area contributed by atoms with E-state index >= 15 is 0 Å². The van der Waals surface area contributed by atoms with Crippen LogP contribution in [0.25, 0.3) is 5.65 Å². The lowest BCUT2D eigenvalue weighted by Gasteiger charge is -2.39. The molecular weight excluding hydrogens is 357 g/mol. The summed E-state index contributed by atoms with van der Waals surface area (Å²) in [5, 5.41) is 0.958. The van der Waals surface area contributed by atoms with E-state index in [1.54, 1.807) is 16.7 Å². The lowest BCUT2D eigenvalue weighted by atomic mass is 9.65. The summed E-state index contributed by atoms with van der Waals surface area (Å²) < 4.78 is 1.75. The molecule has 1 saturated carbocycles. The number of halogens is 2. The number of aromatic nitrogens is 2. The average Bonchev–Trinajstić information content (AvgIpc) is 2.91. The van der Waals surface area contributed by atoms with Crippen molar-refractivity contribution in [3.8, 4) is 0 Å². The van der Waals surface area contributed by atoms with E-state index in [-0.39, 0.29) is 16.7 Å². The number of carbonyl (C=O) groups excluding carboxylic acids is 1. The molecule has 2 unspecified atom stereocenters. The number of likely N-dealkylation sites (tertiary alicyclic amines) is 1. The summed E-state index contributed by atoms with van der Waals surface area (Å²) in [7, 11) is 0. The van der Waals surface area contributed by atoms with Gasteiger partial charge in [0.25, 0.3) is 5.91 Å². The van der Waals surface area contributed by atoms with Gasteiger partial charge in [0.1, 0.15) is 5.69 Å². The fraction of sp³-hybridized carbons (Fsp3) is 0.579. The van der Waals surface area contributed by atoms with Gasteiger partial charge in [0.05, 0.1) is 15.7 Å². The molecule has 1 saturated heterocycles. The maximum absolute atomic E-state index is 13.4. The van der Waals surface area contributed by atoms with Gasteiger partial charge >= 0.3 is 0 Å². The Kier molecular flexibility index (Phi) is 3.69. The van der Waals surface area contributed by atoms with E-state index in [1.165, 1.54) is 0 Å². The quantitative estimate of drug-likeness (QED) is 0.699. The van der Waals surface area contributed by atoms with Crippen LogP contribution in [0.4, 0.5) is 0 Å². The molecule has 3 heterocycles. The van der Waals surface area contributed by atoms with Crippen LogP contribution >= 0.6 is 23.2 Å². The van der Waals surface area contributed by atoms with Crippen LogP contribution in [0.15, 0.2) is 12.3 Å². The Balaban J connectivity index is 1.78. The topological polar surface area (TPSA) is 37.6 Å². The van der Waals surface area contributed by atoms with E-state index in [1.807, 2.05) is 6.92 Å². The van der Waals surface area contributed by atoms with Crippen molar-refractivity contribution >= 4 is 34.8 Å². The number of nitrogens with zero attached hydrogens (tertiary/aromatic N) is 3. The van der Waals surface area contributed by atoms with E-state index in [2.05, 4.69) is 30.7 Å². The number of amides is 1. The highest BCUT2D eigenvalue weighted by molar-refractivity contribution is 6.36. The zero-order valence-electron chi connectivity index (χ0n) is 15.1. The van der Waals surface area contributed by atoms with Gasteiger partial charge in [-0.1, -0.05) is 44.0 Å². The standard InChI is InChI=1S/C19H23Cl2N3O/c1-11-15(23-8-12(20)5-14(21)16(23)22-11)17(25)24-10-19(4)7-13(24)6-18(2,3)9-19/h5,8,13H,6-7,9-10H2,1-4H3. The van der Waals surface area contributed by atoms with E-state index in [0.29, 0.717) is 33.1 Å². The highest BCUT2D eigenvalue weighted by Crippen LogP contribution is 2.52. The summed E-state index contributed by atoms with van der Waals surface area (Å²) in [5.74, 6) is 0.0368. The first kappa shape index (κ1) is 17.2. The van der Waals surface area contributed by atoms with Gasteiger partial charge in [-0.25, -0.2) is 4.98 Å². The van der Waals surface area contributed by atoms with E-state index in [9.17, 15) is 4.79 Å². The van der Waals surface area contributed by atoms with Crippen molar-refractivity contribution in [1.29, 1.82) is 0 Å². The molecule has 2 aromatic heterocycles. The summed E-state index contributed by atoms with van der Waals surface area (Å²) in [5.41, 5.74) is 2.33. The predicted molar refractivity (Wildman–Crippen MR) is 101 cm³/mol. The minimum atomic E-state index is 0.0368. The van der Waals surface area contributed by atoms with Crippen molar-refractivity contribution in [2.75, 3.05) is 6.54 Å². The van der Waals surface area contributed by atoms with Gasteiger partial charge in [0, 0.05) is 18.8 Å². The Morgan fingerprint density at radius 2 is 2.00 bits per heavy atom. The van der Waals surface area contributed by atoms with Crippen LogP contribution in [0, 0.1) is 17.8 Å². The van der Waals surface area contributed by atoms with Crippen LogP contribution in [0.2, 0.25) is 10.0 Å². The second-order valence-electron chi connectivity index (χ2n) is 8.89. The number of pyridine rings is 1. The van der Waals surface area contributed by atoms with Gasteiger partial charge in [-0.05, 0) is 43.1 Å². The lowest BCUT2D eigenvalue weighted by molar-refractivity contribution is 0.0700. The Bertz CT molecular complexity index is 888. The molecule has 0 radical (unpaired) electrons. The smallest absolute Gasteiger partial charge is 0.273 e. The van der Waals surface area contributed by atoms with E-state index < -0.39 is 0 Å². The van der Waals surface area contributed by atoms with Crippen molar-refractivity contribution < 1.29 is 4.79 Å². The molecule has 0 spiro atoms. The Morgan fingerprint density at radius 3 is 2.72 bits per heavy atom. The number of hydrogen-bond donors (Lipinski definition) is 0. The maximum Gasteiger partial charge on any atom is 0.273 e. The monoisotopic (exact) mass is 379 g/mol. The van der Waals surface area contributed by atoms with Crippen LogP contribution in [0.1, 0.15) is 56.2 Å². The van der Waals surface area contributed by atoms with Gasteiger partial charge in [-0.3, -0.25) is 9.20 Å². The molecule has 25 heavy (non-hydrogen) atoms. The molecule has 0 N–H and O–H groups in total. The van der Waals surface area contributed by atoms with E-state index in [0.717, 1.165) is 25.8 Å². The molecule has 0 aromatic carbocycles. The number of aryl methyl sites for hydroxylation is 1. The zero-order valence-corrected chi connectivity index (χ0v) is 16.6. The molecule has 134 valence electrons. The molecule has 1 aliphatic carbocycles. The molecular formula is C19H23Cl2N3O. The van der Waals surface area contributed by atoms with Crippen LogP contribution in [-0.2, 0) is 0 Å². The fourth-order valence-corrected chi connectivity index (χ4v) is 5.79. The second kappa shape index (κ2) is 5.37. The van der Waals surface area contributed by atoms with Gasteiger partial charge in [0.2, 0.25) is 0 Å². The second-order valence-corrected chi connectivity index (χ2v) is 9.74. The van der Waals surface area contributed by atoms with Crippen LogP contribution in [0.5, 0.6) is 0 Å². The third-order valence-electron chi connectivity index (χ3n) is 5.69. The van der Waals surface area contributed by atoms with Gasteiger partial charge < -0.3 is 4.90 Å². The Hall–Kier alpha value is -1.26. The number of fused-ring (bicyclic) bond motifs is 3. The molecule has 4 nitrogen and oxygen atoms in total. The third kappa shape index (κ3) is 2.74. The Labute approximate surface area is 158 Å². The molecule has 6 heteroatoms. The highest BCUT2D eigenvalue weighted by Gasteiger charge is 2.51. The summed E-state index contributed by atoms with van der Waals surface area (Å²) >= 11 is 12.4. The van der Waals surface area contributed by atoms with E-state index in [4.69, 9.17) is 23.2 Å². The lowest BCUT2D eigenvalue weighted by Crippen LogP contribution is -2.38. The highest BCUT2D eigenvalue weighted by atomic mass is 35.5. The summed E-state index contributed by atoms with van der Waals surface area (Å²) in [6.07, 6.45) is 5.01. The average molecular weight is 380 g/mol. The van der Waals surface area contributed by atoms with Crippen molar-refractivity contribution in [3.63, 3.8) is 0 Å². The normalized spacial score (nSPS) is 27.9. The minimum absolute atomic E-state index is 0.0368. The molecule has 2 atom stereocenters. The Morgan fingerprint density at radius 1 is 1.28 bits per heavy atom. The molecule has 2 aliphatic rings. The molecule has 2 bridgehead atoms. The third-order valence-corrected chi connectivity index (χ3v) is 6.18. The summed E-state index contributed by atoms with van der Waals surface area (Å²) in [6.45, 7) is 9.59. The summed E-state index contributed by atoms with van der Waals surface area (Å²) in [4.78, 5) is 20.0. The first-order valence-corrected chi connectivity index (χ1v) is 9.49. The molecule has 2 fully saturated rings. The van der Waals surface area contributed by atoms with Crippen molar-refractivity contribution in [1.82, 2.24) is 14.3 Å².